The van der Waals surface area contributed by atoms with E-state index >= 15 is 0 Å². The molecule has 0 aromatic carbocycles. The highest BCUT2D eigenvalue weighted by atomic mass is 32.2. The Balaban J connectivity index is 2.85. The van der Waals surface area contributed by atoms with Gasteiger partial charge in [0.1, 0.15) is 0 Å². The number of nitrogens with zero attached hydrogens (tertiary/aromatic N) is 1. The first kappa shape index (κ1) is 9.95. The lowest BCUT2D eigenvalue weighted by atomic mass is 10.2. The van der Waals surface area contributed by atoms with Gasteiger partial charge >= 0.3 is 0 Å². The number of hydrogen-bond donors (Lipinski definition) is 1. The van der Waals surface area contributed by atoms with Gasteiger partial charge in [-0.15, -0.1) is 0 Å². The Labute approximate surface area is 73.2 Å². The molecular formula is C7H15NO3S. The van der Waals surface area contributed by atoms with Gasteiger partial charge in [0.05, 0.1) is 12.9 Å². The Kier molecular flexibility index (Phi) is 2.75. The lowest BCUT2D eigenvalue weighted by Gasteiger charge is -2.24. The summed E-state index contributed by atoms with van der Waals surface area (Å²) in [6, 6.07) is -0.160. The molecule has 0 spiro atoms. The van der Waals surface area contributed by atoms with Crippen LogP contribution in [0.4, 0.5) is 0 Å². The molecule has 1 aliphatic rings. The third-order valence-corrected chi connectivity index (χ3v) is 3.73. The molecule has 1 saturated heterocycles. The summed E-state index contributed by atoms with van der Waals surface area (Å²) in [5.74, 6) is 0. The van der Waals surface area contributed by atoms with Gasteiger partial charge in [-0.05, 0) is 19.8 Å². The molecule has 1 fully saturated rings. The van der Waals surface area contributed by atoms with Crippen LogP contribution in [0.3, 0.4) is 0 Å². The van der Waals surface area contributed by atoms with Crippen LogP contribution in [0.15, 0.2) is 0 Å². The maximum absolute atomic E-state index is 11.2. The topological polar surface area (TPSA) is 57.6 Å². The van der Waals surface area contributed by atoms with Crippen molar-refractivity contribution in [3.8, 4) is 0 Å². The van der Waals surface area contributed by atoms with E-state index in [4.69, 9.17) is 5.11 Å². The predicted molar refractivity (Wildman–Crippen MR) is 46.3 cm³/mol. The van der Waals surface area contributed by atoms with E-state index in [1.165, 1.54) is 10.6 Å². The zero-order valence-corrected chi connectivity index (χ0v) is 8.21. The van der Waals surface area contributed by atoms with Gasteiger partial charge < -0.3 is 5.11 Å². The monoisotopic (exact) mass is 193 g/mol. The number of sulfonamides is 1. The van der Waals surface area contributed by atoms with Crippen molar-refractivity contribution in [3.63, 3.8) is 0 Å². The summed E-state index contributed by atoms with van der Waals surface area (Å²) < 4.78 is 23.9. The molecule has 0 bridgehead atoms. The van der Waals surface area contributed by atoms with E-state index < -0.39 is 10.0 Å². The molecule has 0 aromatic rings. The van der Waals surface area contributed by atoms with Gasteiger partial charge in [-0.25, -0.2) is 8.42 Å². The Morgan fingerprint density at radius 2 is 2.08 bits per heavy atom. The van der Waals surface area contributed by atoms with Crippen molar-refractivity contribution in [3.05, 3.63) is 0 Å². The number of aliphatic hydroxyl groups is 1. The van der Waals surface area contributed by atoms with E-state index in [1.54, 1.807) is 0 Å². The molecule has 0 aromatic heterocycles. The van der Waals surface area contributed by atoms with Crippen LogP contribution < -0.4 is 0 Å². The fourth-order valence-electron chi connectivity index (χ4n) is 1.82. The average molecular weight is 193 g/mol. The first-order valence-corrected chi connectivity index (χ1v) is 5.91. The van der Waals surface area contributed by atoms with Crippen LogP contribution >= 0.6 is 0 Å². The predicted octanol–water partition coefficient (Wildman–Crippen LogP) is -0.209. The second-order valence-electron chi connectivity index (χ2n) is 3.36. The molecule has 1 aliphatic heterocycles. The number of aliphatic hydroxyl groups excluding tert-OH is 1. The van der Waals surface area contributed by atoms with Gasteiger partial charge in [0.25, 0.3) is 0 Å². The third kappa shape index (κ3) is 1.78. The molecule has 0 saturated carbocycles. The van der Waals surface area contributed by atoms with Crippen LogP contribution in [-0.4, -0.2) is 42.8 Å². The quantitative estimate of drug-likeness (QED) is 0.660. The van der Waals surface area contributed by atoms with Crippen molar-refractivity contribution in [2.75, 3.05) is 12.9 Å². The summed E-state index contributed by atoms with van der Waals surface area (Å²) >= 11 is 0. The third-order valence-electron chi connectivity index (χ3n) is 2.31. The summed E-state index contributed by atoms with van der Waals surface area (Å²) in [6.07, 6.45) is 2.81. The molecule has 2 unspecified atom stereocenters. The normalized spacial score (nSPS) is 32.6. The second-order valence-corrected chi connectivity index (χ2v) is 5.24. The van der Waals surface area contributed by atoms with Gasteiger partial charge in [-0.1, -0.05) is 0 Å². The standard InChI is InChI=1S/C7H15NO3S/c1-6-3-4-7(5-9)8(6)12(2,10)11/h6-7,9H,3-5H2,1-2H3. The van der Waals surface area contributed by atoms with Gasteiger partial charge in [0, 0.05) is 12.1 Å². The highest BCUT2D eigenvalue weighted by Crippen LogP contribution is 2.25. The largest absolute Gasteiger partial charge is 0.395 e. The molecule has 1 heterocycles. The van der Waals surface area contributed by atoms with Gasteiger partial charge in [-0.2, -0.15) is 4.31 Å². The zero-order valence-electron chi connectivity index (χ0n) is 7.40. The fraction of sp³-hybridized carbons (Fsp3) is 1.00. The summed E-state index contributed by atoms with van der Waals surface area (Å²) in [5.41, 5.74) is 0. The van der Waals surface area contributed by atoms with E-state index in [2.05, 4.69) is 0 Å². The molecule has 0 aliphatic carbocycles. The zero-order chi connectivity index (χ0) is 9.35. The number of rotatable bonds is 2. The molecule has 5 heteroatoms. The van der Waals surface area contributed by atoms with Crippen LogP contribution in [0.2, 0.25) is 0 Å². The minimum atomic E-state index is -3.14. The van der Waals surface area contributed by atoms with Crippen LogP contribution in [0, 0.1) is 0 Å². The molecule has 1 N–H and O–H groups in total. The molecule has 4 nitrogen and oxygen atoms in total. The molecule has 72 valence electrons. The van der Waals surface area contributed by atoms with Crippen LogP contribution in [0.25, 0.3) is 0 Å². The van der Waals surface area contributed by atoms with E-state index in [9.17, 15) is 8.42 Å². The van der Waals surface area contributed by atoms with Crippen molar-refractivity contribution in [1.82, 2.24) is 4.31 Å². The summed E-state index contributed by atoms with van der Waals surface area (Å²) in [4.78, 5) is 0. The van der Waals surface area contributed by atoms with E-state index in [0.29, 0.717) is 0 Å². The smallest absolute Gasteiger partial charge is 0.211 e. The lowest BCUT2D eigenvalue weighted by Crippen LogP contribution is -2.40. The summed E-state index contributed by atoms with van der Waals surface area (Å²) in [5, 5.41) is 8.91. The van der Waals surface area contributed by atoms with Crippen LogP contribution in [0.1, 0.15) is 19.8 Å². The minimum Gasteiger partial charge on any atom is -0.395 e. The molecule has 12 heavy (non-hydrogen) atoms. The van der Waals surface area contributed by atoms with Crippen molar-refractivity contribution in [2.45, 2.75) is 31.8 Å². The van der Waals surface area contributed by atoms with Gasteiger partial charge in [0.2, 0.25) is 10.0 Å². The second kappa shape index (κ2) is 3.32. The maximum atomic E-state index is 11.2. The van der Waals surface area contributed by atoms with Gasteiger partial charge in [-0.3, -0.25) is 0 Å². The van der Waals surface area contributed by atoms with E-state index in [1.807, 2.05) is 6.92 Å². The van der Waals surface area contributed by atoms with Gasteiger partial charge in [0.15, 0.2) is 0 Å². The van der Waals surface area contributed by atoms with E-state index in [0.717, 1.165) is 12.8 Å². The van der Waals surface area contributed by atoms with Crippen molar-refractivity contribution in [1.29, 1.82) is 0 Å². The lowest BCUT2D eigenvalue weighted by molar-refractivity contribution is 0.201. The molecule has 1 rings (SSSR count). The number of hydrogen-bond acceptors (Lipinski definition) is 3. The highest BCUT2D eigenvalue weighted by Gasteiger charge is 2.36. The van der Waals surface area contributed by atoms with Crippen molar-refractivity contribution >= 4 is 10.0 Å². The van der Waals surface area contributed by atoms with Crippen LogP contribution in [0.5, 0.6) is 0 Å². The Morgan fingerprint density at radius 3 is 2.42 bits per heavy atom. The average Bonchev–Trinajstić information content (AvgIpc) is 2.29. The molecule has 0 amide bonds. The van der Waals surface area contributed by atoms with Crippen LogP contribution in [-0.2, 0) is 10.0 Å². The Bertz CT molecular complexity index is 249. The summed E-state index contributed by atoms with van der Waals surface area (Å²) in [6.45, 7) is 1.80. The summed E-state index contributed by atoms with van der Waals surface area (Å²) in [7, 11) is -3.14. The maximum Gasteiger partial charge on any atom is 0.211 e. The Hall–Kier alpha value is -0.130. The molecular weight excluding hydrogens is 178 g/mol. The highest BCUT2D eigenvalue weighted by molar-refractivity contribution is 7.88. The SMILES string of the molecule is CC1CCC(CO)N1S(C)(=O)=O. The molecule has 2 atom stereocenters. The van der Waals surface area contributed by atoms with Crippen molar-refractivity contribution < 1.29 is 13.5 Å². The first-order valence-electron chi connectivity index (χ1n) is 4.06. The van der Waals surface area contributed by atoms with E-state index in [-0.39, 0.29) is 18.7 Å². The minimum absolute atomic E-state index is 0.0390. The Morgan fingerprint density at radius 1 is 1.50 bits per heavy atom. The first-order chi connectivity index (χ1) is 5.46. The van der Waals surface area contributed by atoms with Crippen molar-refractivity contribution in [2.24, 2.45) is 0 Å². The molecule has 0 radical (unpaired) electrons. The fourth-order valence-corrected chi connectivity index (χ4v) is 3.29.